The van der Waals surface area contributed by atoms with Crippen molar-refractivity contribution >= 4 is 12.2 Å². The molecule has 1 rings (SSSR count). The molecule has 0 spiro atoms. The van der Waals surface area contributed by atoms with Crippen LogP contribution in [0.2, 0.25) is 0 Å². The number of carbonyl (C=O) groups is 1. The van der Waals surface area contributed by atoms with Crippen molar-refractivity contribution < 1.29 is 13.9 Å². The van der Waals surface area contributed by atoms with Crippen LogP contribution in [0.5, 0.6) is 0 Å². The molecule has 0 bridgehead atoms. The van der Waals surface area contributed by atoms with Crippen LogP contribution >= 0.6 is 0 Å². The molecule has 0 saturated heterocycles. The minimum atomic E-state index is -0.472. The monoisotopic (exact) mass is 209 g/mol. The van der Waals surface area contributed by atoms with E-state index in [0.29, 0.717) is 5.76 Å². The second-order valence-electron chi connectivity index (χ2n) is 3.51. The quantitative estimate of drug-likeness (QED) is 0.562. The van der Waals surface area contributed by atoms with Crippen molar-refractivity contribution in [1.82, 2.24) is 0 Å². The molecule has 0 aromatic carbocycles. The number of hydrogen-bond donors (Lipinski definition) is 0. The van der Waals surface area contributed by atoms with Crippen LogP contribution in [0, 0.1) is 5.92 Å². The molecular formula is C11H15NO3. The Labute approximate surface area is 89.0 Å². The maximum atomic E-state index is 11.3. The predicted molar refractivity (Wildman–Crippen MR) is 56.9 cm³/mol. The van der Waals surface area contributed by atoms with Crippen molar-refractivity contribution in [3.8, 4) is 0 Å². The second-order valence-corrected chi connectivity index (χ2v) is 3.51. The highest BCUT2D eigenvalue weighted by molar-refractivity contribution is 5.82. The lowest BCUT2D eigenvalue weighted by atomic mass is 10.1. The smallest absolute Gasteiger partial charge is 0.330 e. The fourth-order valence-electron chi connectivity index (χ4n) is 1.14. The molecule has 0 radical (unpaired) electrons. The zero-order valence-electron chi connectivity index (χ0n) is 9.14. The Morgan fingerprint density at radius 1 is 1.60 bits per heavy atom. The van der Waals surface area contributed by atoms with Crippen LogP contribution in [0.1, 0.15) is 19.6 Å². The molecule has 82 valence electrons. The molecule has 0 fully saturated rings. The van der Waals surface area contributed by atoms with Crippen LogP contribution < -0.4 is 0 Å². The molecule has 0 aliphatic heterocycles. The molecule has 1 atom stereocenters. The number of hydrogen-bond acceptors (Lipinski definition) is 4. The van der Waals surface area contributed by atoms with Gasteiger partial charge in [-0.15, -0.1) is 0 Å². The summed E-state index contributed by atoms with van der Waals surface area (Å²) in [4.78, 5) is 15.5. The van der Waals surface area contributed by atoms with Gasteiger partial charge in [0.25, 0.3) is 0 Å². The summed E-state index contributed by atoms with van der Waals surface area (Å²) in [6.45, 7) is 3.84. The summed E-state index contributed by atoms with van der Waals surface area (Å²) in [5.74, 6) is 0.404. The van der Waals surface area contributed by atoms with Crippen molar-refractivity contribution in [2.75, 3.05) is 7.11 Å². The Morgan fingerprint density at radius 2 is 2.33 bits per heavy atom. The van der Waals surface area contributed by atoms with E-state index in [1.165, 1.54) is 7.11 Å². The van der Waals surface area contributed by atoms with E-state index in [4.69, 9.17) is 4.42 Å². The van der Waals surface area contributed by atoms with Gasteiger partial charge >= 0.3 is 5.97 Å². The molecule has 4 nitrogen and oxygen atoms in total. The van der Waals surface area contributed by atoms with Crippen molar-refractivity contribution in [1.29, 1.82) is 0 Å². The van der Waals surface area contributed by atoms with E-state index in [9.17, 15) is 4.79 Å². The van der Waals surface area contributed by atoms with E-state index in [2.05, 4.69) is 9.73 Å². The highest BCUT2D eigenvalue weighted by atomic mass is 16.5. The standard InChI is InChI=1S/C11H15NO3/c1-8(2)10(11(13)14-3)12-7-9-5-4-6-15-9/h4-8,10H,1-3H3. The third-order valence-electron chi connectivity index (χ3n) is 1.98. The number of nitrogens with zero attached hydrogens (tertiary/aromatic N) is 1. The first-order valence-electron chi connectivity index (χ1n) is 4.79. The lowest BCUT2D eigenvalue weighted by Crippen LogP contribution is -2.25. The first-order chi connectivity index (χ1) is 7.15. The molecule has 1 aromatic rings. The largest absolute Gasteiger partial charge is 0.467 e. The van der Waals surface area contributed by atoms with Crippen molar-refractivity contribution in [3.05, 3.63) is 24.2 Å². The maximum Gasteiger partial charge on any atom is 0.330 e. The van der Waals surface area contributed by atoms with Gasteiger partial charge in [0, 0.05) is 0 Å². The molecule has 15 heavy (non-hydrogen) atoms. The first kappa shape index (κ1) is 11.5. The fourth-order valence-corrected chi connectivity index (χ4v) is 1.14. The maximum absolute atomic E-state index is 11.3. The average Bonchev–Trinajstić information content (AvgIpc) is 2.70. The third kappa shape index (κ3) is 3.23. The summed E-state index contributed by atoms with van der Waals surface area (Å²) >= 11 is 0. The van der Waals surface area contributed by atoms with Crippen LogP contribution in [0.3, 0.4) is 0 Å². The summed E-state index contributed by atoms with van der Waals surface area (Å²) in [5.41, 5.74) is 0. The summed E-state index contributed by atoms with van der Waals surface area (Å²) in [5, 5.41) is 0. The molecular weight excluding hydrogens is 194 g/mol. The summed E-state index contributed by atoms with van der Waals surface area (Å²) in [6.07, 6.45) is 3.10. The van der Waals surface area contributed by atoms with E-state index < -0.39 is 6.04 Å². The number of aliphatic imine (C=N–C) groups is 1. The van der Waals surface area contributed by atoms with E-state index in [-0.39, 0.29) is 11.9 Å². The summed E-state index contributed by atoms with van der Waals surface area (Å²) < 4.78 is 9.74. The molecule has 0 aliphatic rings. The molecule has 0 aliphatic carbocycles. The second kappa shape index (κ2) is 5.34. The van der Waals surface area contributed by atoms with Crippen LogP contribution in [-0.2, 0) is 9.53 Å². The third-order valence-corrected chi connectivity index (χ3v) is 1.98. The Morgan fingerprint density at radius 3 is 2.80 bits per heavy atom. The Bertz CT molecular complexity index is 328. The van der Waals surface area contributed by atoms with E-state index in [1.54, 1.807) is 24.6 Å². The van der Waals surface area contributed by atoms with Crippen LogP contribution in [0.25, 0.3) is 0 Å². The molecule has 0 saturated carbocycles. The van der Waals surface area contributed by atoms with E-state index >= 15 is 0 Å². The zero-order valence-corrected chi connectivity index (χ0v) is 9.14. The zero-order chi connectivity index (χ0) is 11.3. The number of furan rings is 1. The van der Waals surface area contributed by atoms with Crippen LogP contribution in [0.15, 0.2) is 27.8 Å². The van der Waals surface area contributed by atoms with E-state index in [0.717, 1.165) is 0 Å². The van der Waals surface area contributed by atoms with Crippen molar-refractivity contribution in [3.63, 3.8) is 0 Å². The van der Waals surface area contributed by atoms with Gasteiger partial charge in [0.1, 0.15) is 11.8 Å². The van der Waals surface area contributed by atoms with Crippen LogP contribution in [-0.4, -0.2) is 25.3 Å². The Kier molecular flexibility index (Phi) is 4.09. The Hall–Kier alpha value is -1.58. The topological polar surface area (TPSA) is 51.8 Å². The van der Waals surface area contributed by atoms with Gasteiger partial charge in [-0.05, 0) is 18.1 Å². The number of carbonyl (C=O) groups excluding carboxylic acids is 1. The van der Waals surface area contributed by atoms with Gasteiger partial charge in [-0.25, -0.2) is 4.79 Å². The van der Waals surface area contributed by atoms with Gasteiger partial charge in [-0.1, -0.05) is 13.8 Å². The molecule has 1 unspecified atom stereocenters. The Balaban J connectivity index is 2.71. The molecule has 1 aromatic heterocycles. The van der Waals surface area contributed by atoms with Crippen LogP contribution in [0.4, 0.5) is 0 Å². The number of esters is 1. The van der Waals surface area contributed by atoms with Gasteiger partial charge in [0.05, 0.1) is 19.6 Å². The normalized spacial score (nSPS) is 13.3. The fraction of sp³-hybridized carbons (Fsp3) is 0.455. The molecule has 0 amide bonds. The minimum Gasteiger partial charge on any atom is -0.467 e. The molecule has 4 heteroatoms. The number of methoxy groups -OCH3 is 1. The van der Waals surface area contributed by atoms with Gasteiger partial charge in [0.15, 0.2) is 0 Å². The lowest BCUT2D eigenvalue weighted by molar-refractivity contribution is -0.143. The minimum absolute atomic E-state index is 0.101. The number of rotatable bonds is 4. The van der Waals surface area contributed by atoms with Crippen molar-refractivity contribution in [2.24, 2.45) is 10.9 Å². The highest BCUT2D eigenvalue weighted by Crippen LogP contribution is 2.08. The predicted octanol–water partition coefficient (Wildman–Crippen LogP) is 1.90. The van der Waals surface area contributed by atoms with Gasteiger partial charge in [-0.3, -0.25) is 4.99 Å². The summed E-state index contributed by atoms with van der Waals surface area (Å²) in [7, 11) is 1.36. The average molecular weight is 209 g/mol. The van der Waals surface area contributed by atoms with Crippen molar-refractivity contribution in [2.45, 2.75) is 19.9 Å². The molecule has 0 N–H and O–H groups in total. The number of ether oxygens (including phenoxy) is 1. The molecule has 1 heterocycles. The van der Waals surface area contributed by atoms with Gasteiger partial charge < -0.3 is 9.15 Å². The van der Waals surface area contributed by atoms with E-state index in [1.807, 2.05) is 13.8 Å². The lowest BCUT2D eigenvalue weighted by Gasteiger charge is -2.12. The highest BCUT2D eigenvalue weighted by Gasteiger charge is 2.21. The first-order valence-corrected chi connectivity index (χ1v) is 4.79. The van der Waals surface area contributed by atoms with Gasteiger partial charge in [-0.2, -0.15) is 0 Å². The SMILES string of the molecule is COC(=O)C(N=Cc1ccco1)C(C)C. The van der Waals surface area contributed by atoms with Gasteiger partial charge in [0.2, 0.25) is 0 Å². The summed E-state index contributed by atoms with van der Waals surface area (Å²) in [6, 6.07) is 3.07.